The molecule has 0 amide bonds. The molecule has 0 radical (unpaired) electrons. The lowest BCUT2D eigenvalue weighted by atomic mass is 10.3. The summed E-state index contributed by atoms with van der Waals surface area (Å²) in [6.07, 6.45) is 0. The molecule has 0 saturated carbocycles. The van der Waals surface area contributed by atoms with Crippen molar-refractivity contribution in [1.29, 1.82) is 0 Å². The van der Waals surface area contributed by atoms with Gasteiger partial charge < -0.3 is 5.32 Å². The SMILES string of the molecule is CC(C)Nc1ccc(F)cc1S. The summed E-state index contributed by atoms with van der Waals surface area (Å²) in [4.78, 5) is 0.642. The van der Waals surface area contributed by atoms with E-state index in [0.717, 1.165) is 5.69 Å². The van der Waals surface area contributed by atoms with E-state index in [1.165, 1.54) is 12.1 Å². The Morgan fingerprint density at radius 1 is 1.42 bits per heavy atom. The van der Waals surface area contributed by atoms with Crippen molar-refractivity contribution < 1.29 is 4.39 Å². The van der Waals surface area contributed by atoms with Crippen molar-refractivity contribution in [2.75, 3.05) is 5.32 Å². The molecule has 0 atom stereocenters. The second-order valence-corrected chi connectivity index (χ2v) is 3.44. The first-order valence-corrected chi connectivity index (χ1v) is 4.29. The number of hydrogen-bond acceptors (Lipinski definition) is 2. The molecule has 1 N–H and O–H groups in total. The molecule has 0 aromatic heterocycles. The maximum atomic E-state index is 12.6. The summed E-state index contributed by atoms with van der Waals surface area (Å²) in [6.45, 7) is 4.05. The van der Waals surface area contributed by atoms with Gasteiger partial charge in [-0.3, -0.25) is 0 Å². The lowest BCUT2D eigenvalue weighted by Crippen LogP contribution is -2.10. The number of anilines is 1. The Bertz CT molecular complexity index is 273. The van der Waals surface area contributed by atoms with E-state index < -0.39 is 0 Å². The molecule has 0 aliphatic rings. The summed E-state index contributed by atoms with van der Waals surface area (Å²) in [5, 5.41) is 3.16. The Hall–Kier alpha value is -0.700. The minimum Gasteiger partial charge on any atom is -0.382 e. The zero-order chi connectivity index (χ0) is 9.14. The van der Waals surface area contributed by atoms with Gasteiger partial charge in [0.1, 0.15) is 5.82 Å². The molecule has 0 fully saturated rings. The molecule has 0 unspecified atom stereocenters. The number of thiol groups is 1. The van der Waals surface area contributed by atoms with Gasteiger partial charge in [0, 0.05) is 16.6 Å². The molecule has 0 heterocycles. The van der Waals surface area contributed by atoms with Crippen LogP contribution in [0.5, 0.6) is 0 Å². The topological polar surface area (TPSA) is 12.0 Å². The Morgan fingerprint density at radius 3 is 2.58 bits per heavy atom. The summed E-state index contributed by atoms with van der Waals surface area (Å²) in [6, 6.07) is 4.84. The largest absolute Gasteiger partial charge is 0.382 e. The smallest absolute Gasteiger partial charge is 0.124 e. The molecule has 0 bridgehead atoms. The predicted octanol–water partition coefficient (Wildman–Crippen LogP) is 2.93. The Kier molecular flexibility index (Phi) is 2.98. The van der Waals surface area contributed by atoms with E-state index in [1.807, 2.05) is 13.8 Å². The fraction of sp³-hybridized carbons (Fsp3) is 0.333. The van der Waals surface area contributed by atoms with Gasteiger partial charge in [-0.15, -0.1) is 12.6 Å². The standard InChI is InChI=1S/C9H12FNS/c1-6(2)11-8-4-3-7(10)5-9(8)12/h3-6,11-12H,1-2H3. The van der Waals surface area contributed by atoms with Gasteiger partial charge in [0.25, 0.3) is 0 Å². The number of benzene rings is 1. The van der Waals surface area contributed by atoms with E-state index in [2.05, 4.69) is 17.9 Å². The molecule has 0 aliphatic heterocycles. The molecule has 66 valence electrons. The minimum atomic E-state index is -0.255. The summed E-state index contributed by atoms with van der Waals surface area (Å²) < 4.78 is 12.6. The van der Waals surface area contributed by atoms with Gasteiger partial charge in [-0.25, -0.2) is 4.39 Å². The third-order valence-electron chi connectivity index (χ3n) is 1.40. The average Bonchev–Trinajstić information content (AvgIpc) is 1.94. The first-order valence-electron chi connectivity index (χ1n) is 3.84. The lowest BCUT2D eigenvalue weighted by molar-refractivity contribution is 0.624. The first-order chi connectivity index (χ1) is 5.59. The molecule has 0 saturated heterocycles. The number of rotatable bonds is 2. The van der Waals surface area contributed by atoms with Crippen molar-refractivity contribution in [3.05, 3.63) is 24.0 Å². The average molecular weight is 185 g/mol. The highest BCUT2D eigenvalue weighted by atomic mass is 32.1. The fourth-order valence-electron chi connectivity index (χ4n) is 0.938. The Morgan fingerprint density at radius 2 is 2.08 bits per heavy atom. The highest BCUT2D eigenvalue weighted by Crippen LogP contribution is 2.20. The van der Waals surface area contributed by atoms with E-state index >= 15 is 0 Å². The molecule has 0 aliphatic carbocycles. The van der Waals surface area contributed by atoms with Gasteiger partial charge in [0.05, 0.1) is 0 Å². The molecule has 12 heavy (non-hydrogen) atoms. The van der Waals surface area contributed by atoms with Crippen LogP contribution < -0.4 is 5.32 Å². The van der Waals surface area contributed by atoms with E-state index in [0.29, 0.717) is 10.9 Å². The van der Waals surface area contributed by atoms with Crippen LogP contribution >= 0.6 is 12.6 Å². The van der Waals surface area contributed by atoms with E-state index in [-0.39, 0.29) is 5.82 Å². The third kappa shape index (κ3) is 2.41. The van der Waals surface area contributed by atoms with E-state index in [1.54, 1.807) is 6.07 Å². The van der Waals surface area contributed by atoms with Gasteiger partial charge in [0.2, 0.25) is 0 Å². The second-order valence-electron chi connectivity index (χ2n) is 2.96. The van der Waals surface area contributed by atoms with Crippen LogP contribution in [0.2, 0.25) is 0 Å². The van der Waals surface area contributed by atoms with Gasteiger partial charge in [0.15, 0.2) is 0 Å². The molecule has 1 rings (SSSR count). The van der Waals surface area contributed by atoms with Gasteiger partial charge in [-0.05, 0) is 32.0 Å². The summed E-state index contributed by atoms with van der Waals surface area (Å²) >= 11 is 4.14. The molecule has 0 spiro atoms. The van der Waals surface area contributed by atoms with Crippen molar-refractivity contribution in [1.82, 2.24) is 0 Å². The molecular formula is C9H12FNS. The van der Waals surface area contributed by atoms with Crippen LogP contribution in [0.1, 0.15) is 13.8 Å². The normalized spacial score (nSPS) is 10.4. The highest BCUT2D eigenvalue weighted by molar-refractivity contribution is 7.80. The first kappa shape index (κ1) is 9.39. The van der Waals surface area contributed by atoms with Crippen molar-refractivity contribution >= 4 is 18.3 Å². The quantitative estimate of drug-likeness (QED) is 0.675. The van der Waals surface area contributed by atoms with Gasteiger partial charge >= 0.3 is 0 Å². The molecule has 1 aromatic carbocycles. The maximum absolute atomic E-state index is 12.6. The van der Waals surface area contributed by atoms with Gasteiger partial charge in [-0.2, -0.15) is 0 Å². The van der Waals surface area contributed by atoms with Crippen LogP contribution in [0.15, 0.2) is 23.1 Å². The van der Waals surface area contributed by atoms with Gasteiger partial charge in [-0.1, -0.05) is 0 Å². The van der Waals surface area contributed by atoms with E-state index in [4.69, 9.17) is 0 Å². The molecule has 1 aromatic rings. The van der Waals surface area contributed by atoms with Crippen molar-refractivity contribution in [2.24, 2.45) is 0 Å². The summed E-state index contributed by atoms with van der Waals surface area (Å²) in [7, 11) is 0. The predicted molar refractivity (Wildman–Crippen MR) is 52.4 cm³/mol. The maximum Gasteiger partial charge on any atom is 0.124 e. The van der Waals surface area contributed by atoms with Crippen LogP contribution in [-0.2, 0) is 0 Å². The monoisotopic (exact) mass is 185 g/mol. The molecular weight excluding hydrogens is 173 g/mol. The van der Waals surface area contributed by atoms with Crippen LogP contribution in [0.25, 0.3) is 0 Å². The van der Waals surface area contributed by atoms with Crippen molar-refractivity contribution in [2.45, 2.75) is 24.8 Å². The number of halogens is 1. The lowest BCUT2D eigenvalue weighted by Gasteiger charge is -2.11. The Balaban J connectivity index is 2.86. The van der Waals surface area contributed by atoms with E-state index in [9.17, 15) is 4.39 Å². The fourth-order valence-corrected chi connectivity index (χ4v) is 1.20. The zero-order valence-corrected chi connectivity index (χ0v) is 8.03. The highest BCUT2D eigenvalue weighted by Gasteiger charge is 2.00. The van der Waals surface area contributed by atoms with Crippen LogP contribution in [0.3, 0.4) is 0 Å². The summed E-state index contributed by atoms with van der Waals surface area (Å²) in [5.41, 5.74) is 0.870. The van der Waals surface area contributed by atoms with Crippen LogP contribution in [0.4, 0.5) is 10.1 Å². The number of nitrogens with one attached hydrogen (secondary N) is 1. The summed E-state index contributed by atoms with van der Waals surface area (Å²) in [5.74, 6) is -0.255. The van der Waals surface area contributed by atoms with Crippen molar-refractivity contribution in [3.63, 3.8) is 0 Å². The molecule has 3 heteroatoms. The zero-order valence-electron chi connectivity index (χ0n) is 7.13. The minimum absolute atomic E-state index is 0.255. The van der Waals surface area contributed by atoms with Crippen LogP contribution in [-0.4, -0.2) is 6.04 Å². The number of hydrogen-bond donors (Lipinski definition) is 2. The van der Waals surface area contributed by atoms with Crippen LogP contribution in [0, 0.1) is 5.82 Å². The van der Waals surface area contributed by atoms with Crippen molar-refractivity contribution in [3.8, 4) is 0 Å². The molecule has 1 nitrogen and oxygen atoms in total. The second kappa shape index (κ2) is 3.81. The third-order valence-corrected chi connectivity index (χ3v) is 1.77. The Labute approximate surface area is 77.4 Å².